The highest BCUT2D eigenvalue weighted by molar-refractivity contribution is 6.07. The second kappa shape index (κ2) is 17.0. The molecule has 0 saturated heterocycles. The van der Waals surface area contributed by atoms with Crippen LogP contribution >= 0.6 is 0 Å². The molecule has 4 atom stereocenters. The van der Waals surface area contributed by atoms with Gasteiger partial charge in [-0.3, -0.25) is 24.0 Å². The van der Waals surface area contributed by atoms with E-state index in [9.17, 15) is 24.0 Å². The number of unbranched alkanes of at least 4 members (excludes halogenated alkanes) is 1. The van der Waals surface area contributed by atoms with E-state index in [-0.39, 0.29) is 36.6 Å². The van der Waals surface area contributed by atoms with Crippen LogP contribution in [0, 0.1) is 5.92 Å². The Balaban J connectivity index is 2.11. The minimum atomic E-state index is -1.02. The summed E-state index contributed by atoms with van der Waals surface area (Å²) in [7, 11) is 3.03. The summed E-state index contributed by atoms with van der Waals surface area (Å²) in [5.41, 5.74) is 9.86. The van der Waals surface area contributed by atoms with Gasteiger partial charge in [0, 0.05) is 32.0 Å². The number of amides is 5. The fourth-order valence-corrected chi connectivity index (χ4v) is 5.38. The predicted octanol–water partition coefficient (Wildman–Crippen LogP) is 3.67. The molecule has 0 bridgehead atoms. The standard InChI is InChI=1S/C33H44N8O5/c1-21(2)19-26-30(43)37-25-16-10-9-15-24(25)32(45)40(4)27(17-11-12-18-35-39-34)33(46)41(5)28(20-23-13-7-6-8-14-23)31(44)36-22(3)29(42)38-26/h6-10,13-16,21-22,26-28H,11-12,17-20H2,1-5H3,(H,36,44)(H,37,43)(H,38,42)/t22-,26+,27+,28-/m1/s1. The van der Waals surface area contributed by atoms with E-state index >= 15 is 0 Å². The van der Waals surface area contributed by atoms with Gasteiger partial charge in [-0.2, -0.15) is 0 Å². The maximum atomic E-state index is 14.2. The maximum absolute atomic E-state index is 14.2. The van der Waals surface area contributed by atoms with Crippen molar-refractivity contribution in [1.82, 2.24) is 20.4 Å². The van der Waals surface area contributed by atoms with E-state index in [1.807, 2.05) is 44.2 Å². The molecule has 1 aliphatic rings. The van der Waals surface area contributed by atoms with Crippen LogP contribution in [-0.4, -0.2) is 84.1 Å². The van der Waals surface area contributed by atoms with Crippen LogP contribution < -0.4 is 16.0 Å². The van der Waals surface area contributed by atoms with Gasteiger partial charge < -0.3 is 25.8 Å². The molecular weight excluding hydrogens is 588 g/mol. The van der Waals surface area contributed by atoms with Crippen LogP contribution in [0.5, 0.6) is 0 Å². The Morgan fingerprint density at radius 1 is 0.848 bits per heavy atom. The van der Waals surface area contributed by atoms with Crippen LogP contribution in [0.25, 0.3) is 10.4 Å². The number of anilines is 1. The highest BCUT2D eigenvalue weighted by atomic mass is 16.2. The lowest BCUT2D eigenvalue weighted by Crippen LogP contribution is -2.58. The van der Waals surface area contributed by atoms with Crippen molar-refractivity contribution in [1.29, 1.82) is 0 Å². The molecule has 13 heteroatoms. The number of nitrogens with zero attached hydrogens (tertiary/aromatic N) is 5. The third kappa shape index (κ3) is 9.55. The van der Waals surface area contributed by atoms with Crippen LogP contribution in [0.2, 0.25) is 0 Å². The second-order valence-electron chi connectivity index (χ2n) is 12.0. The number of carbonyl (C=O) groups excluding carboxylic acids is 5. The number of hydrogen-bond acceptors (Lipinski definition) is 6. The topological polar surface area (TPSA) is 177 Å². The number of rotatable bonds is 9. The predicted molar refractivity (Wildman–Crippen MR) is 175 cm³/mol. The quantitative estimate of drug-likeness (QED) is 0.165. The lowest BCUT2D eigenvalue weighted by Gasteiger charge is -2.35. The Labute approximate surface area is 269 Å². The number of likely N-dealkylation sites (N-methyl/N-ethyl adjacent to an activating group) is 2. The van der Waals surface area contributed by atoms with Gasteiger partial charge in [-0.15, -0.1) is 0 Å². The highest BCUT2D eigenvalue weighted by Crippen LogP contribution is 2.22. The summed E-state index contributed by atoms with van der Waals surface area (Å²) in [6.07, 6.45) is 1.66. The maximum Gasteiger partial charge on any atom is 0.256 e. The minimum Gasteiger partial charge on any atom is -0.343 e. The average Bonchev–Trinajstić information content (AvgIpc) is 3.03. The molecule has 246 valence electrons. The molecule has 0 aromatic heterocycles. The summed E-state index contributed by atoms with van der Waals surface area (Å²) < 4.78 is 0. The van der Waals surface area contributed by atoms with Crippen molar-refractivity contribution in [3.8, 4) is 0 Å². The number of azide groups is 1. The van der Waals surface area contributed by atoms with E-state index in [1.54, 1.807) is 24.3 Å². The molecule has 13 nitrogen and oxygen atoms in total. The van der Waals surface area contributed by atoms with Crippen molar-refractivity contribution >= 4 is 35.2 Å². The molecule has 1 heterocycles. The molecule has 1 aliphatic heterocycles. The summed E-state index contributed by atoms with van der Waals surface area (Å²) >= 11 is 0. The molecule has 2 aromatic rings. The molecule has 0 saturated carbocycles. The van der Waals surface area contributed by atoms with Crippen LogP contribution in [0.15, 0.2) is 59.7 Å². The lowest BCUT2D eigenvalue weighted by atomic mass is 10.00. The van der Waals surface area contributed by atoms with Crippen molar-refractivity contribution in [2.75, 3.05) is 26.0 Å². The Morgan fingerprint density at radius 3 is 2.20 bits per heavy atom. The number of para-hydroxylation sites is 1. The van der Waals surface area contributed by atoms with Crippen molar-refractivity contribution < 1.29 is 24.0 Å². The van der Waals surface area contributed by atoms with E-state index in [2.05, 4.69) is 26.0 Å². The second-order valence-corrected chi connectivity index (χ2v) is 12.0. The summed E-state index contributed by atoms with van der Waals surface area (Å²) in [4.78, 5) is 74.3. The zero-order chi connectivity index (χ0) is 33.8. The van der Waals surface area contributed by atoms with Crippen molar-refractivity contribution in [2.45, 2.75) is 77.0 Å². The summed E-state index contributed by atoms with van der Waals surface area (Å²) in [6, 6.07) is 11.7. The van der Waals surface area contributed by atoms with Gasteiger partial charge in [0.2, 0.25) is 23.6 Å². The van der Waals surface area contributed by atoms with Crippen molar-refractivity contribution in [3.05, 3.63) is 76.2 Å². The van der Waals surface area contributed by atoms with E-state index in [0.717, 1.165) is 5.56 Å². The third-order valence-corrected chi connectivity index (χ3v) is 8.02. The zero-order valence-corrected chi connectivity index (χ0v) is 27.1. The largest absolute Gasteiger partial charge is 0.343 e. The van der Waals surface area contributed by atoms with Crippen LogP contribution in [-0.2, 0) is 25.6 Å². The average molecular weight is 633 g/mol. The number of carbonyl (C=O) groups is 5. The van der Waals surface area contributed by atoms with E-state index in [1.165, 1.54) is 30.8 Å². The Bertz CT molecular complexity index is 1440. The van der Waals surface area contributed by atoms with Gasteiger partial charge in [0.05, 0.1) is 11.3 Å². The van der Waals surface area contributed by atoms with Crippen LogP contribution in [0.3, 0.4) is 0 Å². The molecular formula is C33H44N8O5. The minimum absolute atomic E-state index is 0.0454. The number of benzene rings is 2. The van der Waals surface area contributed by atoms with E-state index in [0.29, 0.717) is 19.3 Å². The van der Waals surface area contributed by atoms with Crippen LogP contribution in [0.4, 0.5) is 5.69 Å². The van der Waals surface area contributed by atoms with Gasteiger partial charge in [0.1, 0.15) is 24.2 Å². The molecule has 2 aromatic carbocycles. The summed E-state index contributed by atoms with van der Waals surface area (Å²) in [5, 5.41) is 11.9. The van der Waals surface area contributed by atoms with Gasteiger partial charge >= 0.3 is 0 Å². The smallest absolute Gasteiger partial charge is 0.256 e. The first kappa shape index (κ1) is 35.6. The van der Waals surface area contributed by atoms with E-state index in [4.69, 9.17) is 5.53 Å². The fraction of sp³-hybridized carbons (Fsp3) is 0.485. The van der Waals surface area contributed by atoms with Gasteiger partial charge in [0.25, 0.3) is 5.91 Å². The summed E-state index contributed by atoms with van der Waals surface area (Å²) in [5.74, 6) is -2.56. The lowest BCUT2D eigenvalue weighted by molar-refractivity contribution is -0.143. The third-order valence-electron chi connectivity index (χ3n) is 8.02. The van der Waals surface area contributed by atoms with Crippen molar-refractivity contribution in [2.24, 2.45) is 11.0 Å². The Kier molecular flexibility index (Phi) is 13.1. The molecule has 0 radical (unpaired) electrons. The van der Waals surface area contributed by atoms with Gasteiger partial charge in [-0.05, 0) is 55.3 Å². The first-order valence-electron chi connectivity index (χ1n) is 15.5. The normalized spacial score (nSPS) is 21.7. The molecule has 5 amide bonds. The molecule has 0 fully saturated rings. The van der Waals surface area contributed by atoms with Gasteiger partial charge in [0.15, 0.2) is 0 Å². The molecule has 0 aliphatic carbocycles. The SMILES string of the molecule is CC(C)C[C@@H]1NC(=O)[C@@H](C)NC(=O)[C@@H](Cc2ccccc2)N(C)C(=O)[C@H](CCCCN=[N+]=[N-])N(C)C(=O)c2ccccc2NC1=O. The monoisotopic (exact) mass is 632 g/mol. The fourth-order valence-electron chi connectivity index (χ4n) is 5.38. The molecule has 3 rings (SSSR count). The number of fused-ring (bicyclic) bond motifs is 1. The van der Waals surface area contributed by atoms with E-state index < -0.39 is 53.7 Å². The molecule has 3 N–H and O–H groups in total. The molecule has 46 heavy (non-hydrogen) atoms. The van der Waals surface area contributed by atoms with Crippen molar-refractivity contribution in [3.63, 3.8) is 0 Å². The summed E-state index contributed by atoms with van der Waals surface area (Å²) in [6.45, 7) is 5.60. The van der Waals surface area contributed by atoms with Gasteiger partial charge in [-0.25, -0.2) is 0 Å². The van der Waals surface area contributed by atoms with Crippen LogP contribution in [0.1, 0.15) is 62.4 Å². The number of hydrogen-bond donors (Lipinski definition) is 3. The first-order chi connectivity index (χ1) is 21.9. The molecule has 0 spiro atoms. The zero-order valence-electron chi connectivity index (χ0n) is 27.1. The highest BCUT2D eigenvalue weighted by Gasteiger charge is 2.37. The first-order valence-corrected chi connectivity index (χ1v) is 15.5. The Morgan fingerprint density at radius 2 is 1.52 bits per heavy atom. The number of nitrogens with one attached hydrogen (secondary N) is 3. The van der Waals surface area contributed by atoms with Gasteiger partial charge in [-0.1, -0.05) is 67.8 Å². The Hall–Kier alpha value is -4.90. The molecule has 0 unspecified atom stereocenters.